The summed E-state index contributed by atoms with van der Waals surface area (Å²) in [5.41, 5.74) is 3.24. The van der Waals surface area contributed by atoms with Crippen LogP contribution < -0.4 is 5.32 Å². The molecule has 0 saturated carbocycles. The van der Waals surface area contributed by atoms with Gasteiger partial charge in [0.15, 0.2) is 0 Å². The molecule has 1 amide bonds. The predicted molar refractivity (Wildman–Crippen MR) is 101 cm³/mol. The van der Waals surface area contributed by atoms with Crippen molar-refractivity contribution in [2.45, 2.75) is 13.5 Å². The number of hydrogen-bond donors (Lipinski definition) is 1. The molecule has 0 unspecified atom stereocenters. The van der Waals surface area contributed by atoms with E-state index in [0.717, 1.165) is 11.3 Å². The lowest BCUT2D eigenvalue weighted by Gasteiger charge is -2.07. The fraction of sp³-hybridized carbons (Fsp3) is 0.0952. The molecule has 2 heterocycles. The van der Waals surface area contributed by atoms with Gasteiger partial charge in [0, 0.05) is 24.5 Å². The average molecular weight is 376 g/mol. The van der Waals surface area contributed by atoms with Gasteiger partial charge >= 0.3 is 0 Å². The summed E-state index contributed by atoms with van der Waals surface area (Å²) in [7, 11) is 0. The minimum atomic E-state index is -0.353. The number of nitrogens with zero attached hydrogens (tertiary/aromatic N) is 3. The monoisotopic (exact) mass is 376 g/mol. The van der Waals surface area contributed by atoms with Gasteiger partial charge in [0.05, 0.1) is 5.69 Å². The van der Waals surface area contributed by atoms with E-state index in [9.17, 15) is 9.18 Å². The zero-order chi connectivity index (χ0) is 19.5. The van der Waals surface area contributed by atoms with E-state index in [0.29, 0.717) is 29.1 Å². The van der Waals surface area contributed by atoms with Crippen LogP contribution in [0.15, 0.2) is 71.5 Å². The van der Waals surface area contributed by atoms with Gasteiger partial charge in [-0.3, -0.25) is 4.79 Å². The normalized spacial score (nSPS) is 10.8. The maximum Gasteiger partial charge on any atom is 0.257 e. The van der Waals surface area contributed by atoms with E-state index in [-0.39, 0.29) is 11.7 Å². The highest BCUT2D eigenvalue weighted by Gasteiger charge is 2.21. The summed E-state index contributed by atoms with van der Waals surface area (Å²) in [4.78, 5) is 12.7. The molecule has 0 atom stereocenters. The zero-order valence-electron chi connectivity index (χ0n) is 15.1. The van der Waals surface area contributed by atoms with Crippen molar-refractivity contribution < 1.29 is 13.7 Å². The van der Waals surface area contributed by atoms with Crippen molar-refractivity contribution >= 4 is 5.91 Å². The molecule has 0 aliphatic rings. The highest BCUT2D eigenvalue weighted by molar-refractivity contribution is 6.00. The molecule has 0 radical (unpaired) electrons. The number of aryl methyl sites for hydroxylation is 1. The number of halogens is 1. The molecule has 28 heavy (non-hydrogen) atoms. The van der Waals surface area contributed by atoms with Crippen LogP contribution in [-0.2, 0) is 6.54 Å². The quantitative estimate of drug-likeness (QED) is 0.573. The van der Waals surface area contributed by atoms with Gasteiger partial charge in [-0.2, -0.15) is 5.10 Å². The molecule has 4 aromatic rings. The van der Waals surface area contributed by atoms with E-state index in [1.165, 1.54) is 12.1 Å². The van der Waals surface area contributed by atoms with Gasteiger partial charge in [0.1, 0.15) is 22.8 Å². The smallest absolute Gasteiger partial charge is 0.257 e. The number of nitrogens with one attached hydrogen (secondary N) is 1. The first-order valence-corrected chi connectivity index (χ1v) is 8.71. The van der Waals surface area contributed by atoms with Crippen molar-refractivity contribution in [3.8, 4) is 16.9 Å². The fourth-order valence-electron chi connectivity index (χ4n) is 2.90. The molecule has 6 nitrogen and oxygen atoms in total. The summed E-state index contributed by atoms with van der Waals surface area (Å²) in [6, 6.07) is 15.4. The Balaban J connectivity index is 1.48. The first-order valence-electron chi connectivity index (χ1n) is 8.71. The lowest BCUT2D eigenvalue weighted by molar-refractivity contribution is 0.0950. The summed E-state index contributed by atoms with van der Waals surface area (Å²) in [6.07, 6.45) is 3.58. The molecule has 0 bridgehead atoms. The highest BCUT2D eigenvalue weighted by Crippen LogP contribution is 2.25. The van der Waals surface area contributed by atoms with Crippen LogP contribution in [0.5, 0.6) is 0 Å². The van der Waals surface area contributed by atoms with E-state index in [4.69, 9.17) is 4.52 Å². The number of rotatable bonds is 5. The van der Waals surface area contributed by atoms with Gasteiger partial charge in [-0.1, -0.05) is 17.3 Å². The molecular weight excluding hydrogens is 359 g/mol. The van der Waals surface area contributed by atoms with Gasteiger partial charge in [-0.05, 0) is 55.0 Å². The Labute approximate surface area is 160 Å². The third-order valence-electron chi connectivity index (χ3n) is 4.37. The molecule has 0 aliphatic carbocycles. The molecule has 0 fully saturated rings. The molecule has 0 aliphatic heterocycles. The topological polar surface area (TPSA) is 73.0 Å². The van der Waals surface area contributed by atoms with Gasteiger partial charge < -0.3 is 9.84 Å². The molecule has 1 N–H and O–H groups in total. The molecule has 140 valence electrons. The summed E-state index contributed by atoms with van der Waals surface area (Å²) < 4.78 is 20.1. The van der Waals surface area contributed by atoms with Crippen LogP contribution in [0.4, 0.5) is 4.39 Å². The molecule has 0 saturated heterocycles. The SMILES string of the molecule is Cc1onc(-c2ccc(F)cc2)c1C(=O)NCc1ccc(-n2cccn2)cc1. The second kappa shape index (κ2) is 7.48. The van der Waals surface area contributed by atoms with Crippen LogP contribution in [0.25, 0.3) is 16.9 Å². The van der Waals surface area contributed by atoms with Gasteiger partial charge in [-0.25, -0.2) is 9.07 Å². The van der Waals surface area contributed by atoms with Crippen molar-refractivity contribution in [1.82, 2.24) is 20.3 Å². The second-order valence-corrected chi connectivity index (χ2v) is 6.27. The van der Waals surface area contributed by atoms with E-state index in [2.05, 4.69) is 15.6 Å². The van der Waals surface area contributed by atoms with Crippen LogP contribution >= 0.6 is 0 Å². The van der Waals surface area contributed by atoms with Crippen molar-refractivity contribution in [3.63, 3.8) is 0 Å². The van der Waals surface area contributed by atoms with E-state index in [1.54, 1.807) is 29.9 Å². The first kappa shape index (κ1) is 17.7. The van der Waals surface area contributed by atoms with Crippen LogP contribution in [0.3, 0.4) is 0 Å². The Morgan fingerprint density at radius 2 is 1.89 bits per heavy atom. The van der Waals surface area contributed by atoms with Crippen molar-refractivity contribution in [1.29, 1.82) is 0 Å². The number of amides is 1. The van der Waals surface area contributed by atoms with E-state index in [1.807, 2.05) is 36.5 Å². The lowest BCUT2D eigenvalue weighted by atomic mass is 10.1. The number of carbonyl (C=O) groups excluding carboxylic acids is 1. The fourth-order valence-corrected chi connectivity index (χ4v) is 2.90. The van der Waals surface area contributed by atoms with Crippen LogP contribution in [0.1, 0.15) is 21.7 Å². The maximum atomic E-state index is 13.2. The predicted octanol–water partition coefficient (Wildman–Crippen LogP) is 3.90. The van der Waals surface area contributed by atoms with Crippen molar-refractivity contribution in [2.24, 2.45) is 0 Å². The third-order valence-corrected chi connectivity index (χ3v) is 4.37. The summed E-state index contributed by atoms with van der Waals surface area (Å²) in [6.45, 7) is 2.03. The molecule has 2 aromatic heterocycles. The Morgan fingerprint density at radius 3 is 2.57 bits per heavy atom. The van der Waals surface area contributed by atoms with E-state index < -0.39 is 0 Å². The number of benzene rings is 2. The Hall–Kier alpha value is -3.74. The molecule has 2 aromatic carbocycles. The Kier molecular flexibility index (Phi) is 4.72. The third kappa shape index (κ3) is 3.55. The standard InChI is InChI=1S/C21H17FN4O2/c1-14-19(20(25-28-14)16-5-7-17(22)8-6-16)21(27)23-13-15-3-9-18(10-4-15)26-12-2-11-24-26/h2-12H,13H2,1H3,(H,23,27). The molecule has 7 heteroatoms. The molecule has 4 rings (SSSR count). The van der Waals surface area contributed by atoms with Crippen molar-refractivity contribution in [2.75, 3.05) is 0 Å². The summed E-state index contributed by atoms with van der Waals surface area (Å²) in [5, 5.41) is 11.0. The van der Waals surface area contributed by atoms with E-state index >= 15 is 0 Å². The second-order valence-electron chi connectivity index (χ2n) is 6.27. The Bertz CT molecular complexity index is 1080. The van der Waals surface area contributed by atoms with Crippen molar-refractivity contribution in [3.05, 3.63) is 89.7 Å². The average Bonchev–Trinajstić information content (AvgIpc) is 3.37. The highest BCUT2D eigenvalue weighted by atomic mass is 19.1. The minimum absolute atomic E-state index is 0.297. The summed E-state index contributed by atoms with van der Waals surface area (Å²) in [5.74, 6) is -0.242. The van der Waals surface area contributed by atoms with Gasteiger partial charge in [-0.15, -0.1) is 0 Å². The number of carbonyl (C=O) groups is 1. The van der Waals surface area contributed by atoms with Gasteiger partial charge in [0.25, 0.3) is 5.91 Å². The first-order chi connectivity index (χ1) is 13.6. The van der Waals surface area contributed by atoms with Crippen LogP contribution in [0.2, 0.25) is 0 Å². The number of hydrogen-bond acceptors (Lipinski definition) is 4. The maximum absolute atomic E-state index is 13.2. The lowest BCUT2D eigenvalue weighted by Crippen LogP contribution is -2.23. The minimum Gasteiger partial charge on any atom is -0.360 e. The zero-order valence-corrected chi connectivity index (χ0v) is 15.1. The van der Waals surface area contributed by atoms with Crippen LogP contribution in [0, 0.1) is 12.7 Å². The number of aromatic nitrogens is 3. The molecular formula is C21H17FN4O2. The summed E-state index contributed by atoms with van der Waals surface area (Å²) >= 11 is 0. The van der Waals surface area contributed by atoms with Gasteiger partial charge in [0.2, 0.25) is 0 Å². The molecule has 0 spiro atoms. The largest absolute Gasteiger partial charge is 0.360 e. The Morgan fingerprint density at radius 1 is 1.14 bits per heavy atom. The van der Waals surface area contributed by atoms with Crippen LogP contribution in [-0.4, -0.2) is 20.8 Å².